The fourth-order valence-electron chi connectivity index (χ4n) is 2.47. The average molecular weight is 320 g/mol. The van der Waals surface area contributed by atoms with Gasteiger partial charge in [-0.3, -0.25) is 4.79 Å². The Hall–Kier alpha value is -1.91. The Morgan fingerprint density at radius 2 is 2.33 bits per heavy atom. The van der Waals surface area contributed by atoms with Crippen LogP contribution in [0.5, 0.6) is 11.5 Å². The number of phenolic OH excluding ortho intramolecular Hbond substituents is 1. The molecule has 108 valence electrons. The number of aromatic hydroxyl groups is 1. The van der Waals surface area contributed by atoms with Crippen molar-refractivity contribution in [3.8, 4) is 17.6 Å². The van der Waals surface area contributed by atoms with E-state index in [1.54, 1.807) is 18.2 Å². The molecule has 0 radical (unpaired) electrons. The van der Waals surface area contributed by atoms with Gasteiger partial charge in [0.2, 0.25) is 0 Å². The maximum atomic E-state index is 11.6. The van der Waals surface area contributed by atoms with Gasteiger partial charge in [0.05, 0.1) is 24.1 Å². The SMILES string of the molecule is COc1cc([C@@H]2c3sc(=O)[nH]c3SC[C@H]2C#N)ccc1O. The molecule has 0 aliphatic carbocycles. The Bertz CT molecular complexity index is 775. The number of fused-ring (bicyclic) bond motifs is 1. The van der Waals surface area contributed by atoms with Crippen LogP contribution >= 0.6 is 23.1 Å². The number of methoxy groups -OCH3 is 1. The Balaban J connectivity index is 2.14. The number of hydrogen-bond donors (Lipinski definition) is 2. The van der Waals surface area contributed by atoms with Crippen molar-refractivity contribution in [2.75, 3.05) is 12.9 Å². The molecule has 5 nitrogen and oxygen atoms in total. The van der Waals surface area contributed by atoms with Crippen molar-refractivity contribution in [3.63, 3.8) is 0 Å². The smallest absolute Gasteiger partial charge is 0.305 e. The van der Waals surface area contributed by atoms with E-state index in [-0.39, 0.29) is 22.5 Å². The van der Waals surface area contributed by atoms with Crippen LogP contribution in [-0.2, 0) is 0 Å². The van der Waals surface area contributed by atoms with Gasteiger partial charge in [0.1, 0.15) is 0 Å². The number of nitrogens with zero attached hydrogens (tertiary/aromatic N) is 1. The van der Waals surface area contributed by atoms with E-state index in [1.165, 1.54) is 18.9 Å². The quantitative estimate of drug-likeness (QED) is 0.888. The molecule has 7 heteroatoms. The second-order valence-electron chi connectivity index (χ2n) is 4.66. The van der Waals surface area contributed by atoms with Crippen LogP contribution in [-0.4, -0.2) is 23.0 Å². The first-order valence-corrected chi connectivity index (χ1v) is 8.06. The molecular formula is C14H12N2O3S2. The van der Waals surface area contributed by atoms with Gasteiger partial charge in [-0.2, -0.15) is 5.26 Å². The monoisotopic (exact) mass is 320 g/mol. The van der Waals surface area contributed by atoms with Gasteiger partial charge >= 0.3 is 4.87 Å². The lowest BCUT2D eigenvalue weighted by Crippen LogP contribution is -2.19. The molecule has 2 aromatic rings. The van der Waals surface area contributed by atoms with E-state index in [4.69, 9.17) is 4.74 Å². The third kappa shape index (κ3) is 2.41. The van der Waals surface area contributed by atoms with Crippen LogP contribution in [0.1, 0.15) is 16.4 Å². The van der Waals surface area contributed by atoms with Crippen LogP contribution in [0.2, 0.25) is 0 Å². The van der Waals surface area contributed by atoms with Gasteiger partial charge in [-0.15, -0.1) is 11.8 Å². The fourth-order valence-corrected chi connectivity index (χ4v) is 4.81. The van der Waals surface area contributed by atoms with Gasteiger partial charge in [0.15, 0.2) is 11.5 Å². The van der Waals surface area contributed by atoms with Crippen molar-refractivity contribution >= 4 is 23.1 Å². The van der Waals surface area contributed by atoms with E-state index in [0.717, 1.165) is 26.8 Å². The van der Waals surface area contributed by atoms with Gasteiger partial charge < -0.3 is 14.8 Å². The van der Waals surface area contributed by atoms with Gasteiger partial charge in [-0.25, -0.2) is 0 Å². The first kappa shape index (κ1) is 14.0. The van der Waals surface area contributed by atoms with Crippen molar-refractivity contribution < 1.29 is 9.84 Å². The predicted octanol–water partition coefficient (Wildman–Crippen LogP) is 2.53. The number of nitriles is 1. The zero-order valence-corrected chi connectivity index (χ0v) is 12.8. The molecule has 2 N–H and O–H groups in total. The number of aromatic amines is 1. The molecule has 1 aromatic heterocycles. The average Bonchev–Trinajstić information content (AvgIpc) is 2.87. The maximum absolute atomic E-state index is 11.6. The Labute approximate surface area is 129 Å². The van der Waals surface area contributed by atoms with Gasteiger partial charge in [-0.05, 0) is 17.7 Å². The summed E-state index contributed by atoms with van der Waals surface area (Å²) in [5.41, 5.74) is 0.869. The van der Waals surface area contributed by atoms with Crippen molar-refractivity contribution in [2.45, 2.75) is 10.9 Å². The third-order valence-corrected chi connectivity index (χ3v) is 5.69. The molecule has 0 amide bonds. The molecule has 1 aliphatic rings. The van der Waals surface area contributed by atoms with E-state index < -0.39 is 0 Å². The molecule has 2 heterocycles. The first-order chi connectivity index (χ1) is 10.1. The van der Waals surface area contributed by atoms with Crippen LogP contribution in [0.4, 0.5) is 0 Å². The summed E-state index contributed by atoms with van der Waals surface area (Å²) in [5.74, 6) is 0.659. The number of benzene rings is 1. The minimum absolute atomic E-state index is 0.0578. The van der Waals surface area contributed by atoms with E-state index in [2.05, 4.69) is 11.1 Å². The zero-order valence-electron chi connectivity index (χ0n) is 11.1. The van der Waals surface area contributed by atoms with Crippen LogP contribution < -0.4 is 9.61 Å². The number of aromatic nitrogens is 1. The Kier molecular flexibility index (Phi) is 3.66. The molecule has 0 saturated heterocycles. The fraction of sp³-hybridized carbons (Fsp3) is 0.286. The van der Waals surface area contributed by atoms with Crippen LogP contribution in [0.25, 0.3) is 0 Å². The summed E-state index contributed by atoms with van der Waals surface area (Å²) in [6, 6.07) is 7.38. The van der Waals surface area contributed by atoms with E-state index >= 15 is 0 Å². The van der Waals surface area contributed by atoms with E-state index in [0.29, 0.717) is 11.5 Å². The van der Waals surface area contributed by atoms with Crippen LogP contribution in [0.3, 0.4) is 0 Å². The second-order valence-corrected chi connectivity index (χ2v) is 6.71. The van der Waals surface area contributed by atoms with Gasteiger partial charge in [0, 0.05) is 16.5 Å². The molecule has 2 atom stereocenters. The highest BCUT2D eigenvalue weighted by Gasteiger charge is 2.34. The summed E-state index contributed by atoms with van der Waals surface area (Å²) in [7, 11) is 1.48. The summed E-state index contributed by atoms with van der Waals surface area (Å²) in [6.07, 6.45) is 0. The molecule has 3 rings (SSSR count). The molecule has 0 saturated carbocycles. The number of rotatable bonds is 2. The van der Waals surface area contributed by atoms with E-state index in [9.17, 15) is 15.2 Å². The Morgan fingerprint density at radius 1 is 1.52 bits per heavy atom. The van der Waals surface area contributed by atoms with Crippen molar-refractivity contribution in [3.05, 3.63) is 38.3 Å². The number of thioether (sulfide) groups is 1. The third-order valence-electron chi connectivity index (χ3n) is 3.46. The lowest BCUT2D eigenvalue weighted by molar-refractivity contribution is 0.372. The lowest BCUT2D eigenvalue weighted by atomic mass is 9.86. The molecule has 0 fully saturated rings. The number of phenols is 1. The standard InChI is InChI=1S/C14H12N2O3S2/c1-19-10-4-7(2-3-9(10)17)11-8(5-15)6-20-13-12(11)21-14(18)16-13/h2-4,8,11,17H,6H2,1H3,(H,16,18)/t8-,11+/m1/s1. The lowest BCUT2D eigenvalue weighted by Gasteiger charge is -2.26. The van der Waals surface area contributed by atoms with Crippen molar-refractivity contribution in [1.82, 2.24) is 4.98 Å². The van der Waals surface area contributed by atoms with Gasteiger partial charge in [0.25, 0.3) is 0 Å². The summed E-state index contributed by atoms with van der Waals surface area (Å²) < 4.78 is 5.13. The van der Waals surface area contributed by atoms with Crippen molar-refractivity contribution in [1.29, 1.82) is 5.26 Å². The van der Waals surface area contributed by atoms with Crippen LogP contribution in [0, 0.1) is 17.2 Å². The highest BCUT2D eigenvalue weighted by Crippen LogP contribution is 2.46. The normalized spacial score (nSPS) is 20.6. The van der Waals surface area contributed by atoms with Crippen molar-refractivity contribution in [2.24, 2.45) is 5.92 Å². The minimum atomic E-state index is -0.219. The number of H-pyrrole nitrogens is 1. The number of nitrogens with one attached hydrogen (secondary N) is 1. The minimum Gasteiger partial charge on any atom is -0.504 e. The predicted molar refractivity (Wildman–Crippen MR) is 81.3 cm³/mol. The van der Waals surface area contributed by atoms with E-state index in [1.807, 2.05) is 0 Å². The molecular weight excluding hydrogens is 308 g/mol. The maximum Gasteiger partial charge on any atom is 0.305 e. The Morgan fingerprint density at radius 3 is 3.05 bits per heavy atom. The number of thiazole rings is 1. The summed E-state index contributed by atoms with van der Waals surface area (Å²) >= 11 is 2.65. The molecule has 0 spiro atoms. The topological polar surface area (TPSA) is 86.1 Å². The second kappa shape index (κ2) is 5.47. The number of ether oxygens (including phenoxy) is 1. The molecule has 0 unspecified atom stereocenters. The number of hydrogen-bond acceptors (Lipinski definition) is 6. The molecule has 0 bridgehead atoms. The summed E-state index contributed by atoms with van der Waals surface area (Å²) in [4.78, 5) is 15.2. The van der Waals surface area contributed by atoms with Crippen LogP contribution in [0.15, 0.2) is 28.0 Å². The highest BCUT2D eigenvalue weighted by molar-refractivity contribution is 7.99. The summed E-state index contributed by atoms with van der Waals surface area (Å²) in [6.45, 7) is 0. The molecule has 1 aromatic carbocycles. The first-order valence-electron chi connectivity index (χ1n) is 6.26. The molecule has 21 heavy (non-hydrogen) atoms. The van der Waals surface area contributed by atoms with Gasteiger partial charge in [-0.1, -0.05) is 17.4 Å². The highest BCUT2D eigenvalue weighted by atomic mass is 32.2. The summed E-state index contributed by atoms with van der Waals surface area (Å²) in [5, 5.41) is 20.0. The largest absolute Gasteiger partial charge is 0.504 e. The zero-order chi connectivity index (χ0) is 15.0. The molecule has 1 aliphatic heterocycles.